The molecule has 0 radical (unpaired) electrons. The molecule has 0 aliphatic heterocycles. The second-order valence-corrected chi connectivity index (χ2v) is 5.92. The molecule has 0 amide bonds. The van der Waals surface area contributed by atoms with E-state index in [9.17, 15) is 23.1 Å². The average Bonchev–Trinajstić information content (AvgIpc) is 2.61. The number of benzene rings is 3. The molecule has 6 heteroatoms. The van der Waals surface area contributed by atoms with Crippen LogP contribution in [0, 0.1) is 0 Å². The Hall–Kier alpha value is -2.86. The third kappa shape index (κ3) is 3.86. The normalized spacial score (nSPS) is 11.7. The van der Waals surface area contributed by atoms with Gasteiger partial charge in [-0.1, -0.05) is 48.5 Å². The molecule has 3 aromatic rings. The average molecular weight is 359 g/mol. The molecule has 0 saturated heterocycles. The van der Waals surface area contributed by atoms with E-state index >= 15 is 0 Å². The first-order valence-corrected chi connectivity index (χ1v) is 7.97. The molecule has 3 aromatic carbocycles. The van der Waals surface area contributed by atoms with Crippen molar-refractivity contribution in [2.24, 2.45) is 0 Å². The second-order valence-electron chi connectivity index (χ2n) is 5.92. The van der Waals surface area contributed by atoms with Crippen LogP contribution in [0.25, 0.3) is 10.8 Å². The monoisotopic (exact) mass is 359 g/mol. The van der Waals surface area contributed by atoms with Gasteiger partial charge in [0.2, 0.25) is 0 Å². The number of hydrogen-bond acceptors (Lipinski definition) is 2. The Labute approximate surface area is 148 Å². The predicted molar refractivity (Wildman–Crippen MR) is 92.9 cm³/mol. The SMILES string of the molecule is O=C(O)c1c(CNCc2ccc(C(F)(F)F)cc2)ccc2ccccc12. The van der Waals surface area contributed by atoms with Crippen molar-refractivity contribution in [1.82, 2.24) is 5.32 Å². The van der Waals surface area contributed by atoms with Crippen molar-refractivity contribution in [3.63, 3.8) is 0 Å². The summed E-state index contributed by atoms with van der Waals surface area (Å²) >= 11 is 0. The van der Waals surface area contributed by atoms with Crippen LogP contribution in [-0.4, -0.2) is 11.1 Å². The van der Waals surface area contributed by atoms with E-state index in [1.165, 1.54) is 12.1 Å². The molecule has 0 unspecified atom stereocenters. The molecule has 0 spiro atoms. The summed E-state index contributed by atoms with van der Waals surface area (Å²) < 4.78 is 37.7. The number of aromatic carboxylic acids is 1. The summed E-state index contributed by atoms with van der Waals surface area (Å²) in [6.07, 6.45) is -4.35. The van der Waals surface area contributed by atoms with E-state index < -0.39 is 17.7 Å². The van der Waals surface area contributed by atoms with Crippen molar-refractivity contribution in [3.8, 4) is 0 Å². The number of rotatable bonds is 5. The molecule has 2 N–H and O–H groups in total. The van der Waals surface area contributed by atoms with Gasteiger partial charge >= 0.3 is 12.1 Å². The van der Waals surface area contributed by atoms with Crippen LogP contribution in [0.2, 0.25) is 0 Å². The van der Waals surface area contributed by atoms with Gasteiger partial charge in [0, 0.05) is 13.1 Å². The van der Waals surface area contributed by atoms with Gasteiger partial charge in [0.25, 0.3) is 0 Å². The molecule has 3 nitrogen and oxygen atoms in total. The summed E-state index contributed by atoms with van der Waals surface area (Å²) in [5.74, 6) is -1.01. The molecule has 3 rings (SSSR count). The molecule has 0 aromatic heterocycles. The predicted octanol–water partition coefficient (Wildman–Crippen LogP) is 4.85. The number of hydrogen-bond donors (Lipinski definition) is 2. The number of fused-ring (bicyclic) bond motifs is 1. The zero-order valence-corrected chi connectivity index (χ0v) is 13.7. The number of carboxylic acid groups (broad SMARTS) is 1. The van der Waals surface area contributed by atoms with Crippen LogP contribution in [0.15, 0.2) is 60.7 Å². The lowest BCUT2D eigenvalue weighted by Gasteiger charge is -2.12. The minimum atomic E-state index is -4.35. The lowest BCUT2D eigenvalue weighted by molar-refractivity contribution is -0.137. The molecule has 0 saturated carbocycles. The van der Waals surface area contributed by atoms with E-state index in [4.69, 9.17) is 0 Å². The molecule has 0 fully saturated rings. The highest BCUT2D eigenvalue weighted by atomic mass is 19.4. The quantitative estimate of drug-likeness (QED) is 0.685. The zero-order valence-electron chi connectivity index (χ0n) is 13.7. The fourth-order valence-corrected chi connectivity index (χ4v) is 2.87. The molecule has 26 heavy (non-hydrogen) atoms. The van der Waals surface area contributed by atoms with Crippen LogP contribution in [0.4, 0.5) is 13.2 Å². The molecule has 0 heterocycles. The van der Waals surface area contributed by atoms with Crippen molar-refractivity contribution < 1.29 is 23.1 Å². The number of carbonyl (C=O) groups is 1. The molecule has 0 bridgehead atoms. The maximum absolute atomic E-state index is 12.6. The van der Waals surface area contributed by atoms with Crippen LogP contribution in [0.5, 0.6) is 0 Å². The van der Waals surface area contributed by atoms with Gasteiger partial charge in [-0.15, -0.1) is 0 Å². The summed E-state index contributed by atoms with van der Waals surface area (Å²) in [5, 5.41) is 14.1. The number of nitrogens with one attached hydrogen (secondary N) is 1. The Balaban J connectivity index is 1.74. The Morgan fingerprint density at radius 3 is 2.27 bits per heavy atom. The number of carboxylic acids is 1. The van der Waals surface area contributed by atoms with Crippen LogP contribution in [0.1, 0.15) is 27.0 Å². The molecule has 0 aliphatic carbocycles. The van der Waals surface area contributed by atoms with E-state index in [0.717, 1.165) is 17.5 Å². The lowest BCUT2D eigenvalue weighted by atomic mass is 9.99. The van der Waals surface area contributed by atoms with E-state index in [1.54, 1.807) is 18.2 Å². The Morgan fingerprint density at radius 1 is 0.923 bits per heavy atom. The fourth-order valence-electron chi connectivity index (χ4n) is 2.87. The van der Waals surface area contributed by atoms with Crippen molar-refractivity contribution in [3.05, 3.63) is 82.9 Å². The lowest BCUT2D eigenvalue weighted by Crippen LogP contribution is -2.16. The minimum Gasteiger partial charge on any atom is -0.478 e. The van der Waals surface area contributed by atoms with Gasteiger partial charge in [-0.25, -0.2) is 4.79 Å². The largest absolute Gasteiger partial charge is 0.478 e. The Kier molecular flexibility index (Phi) is 4.95. The summed E-state index contributed by atoms with van der Waals surface area (Å²) in [7, 11) is 0. The third-order valence-corrected chi connectivity index (χ3v) is 4.16. The molecular weight excluding hydrogens is 343 g/mol. The number of halogens is 3. The fraction of sp³-hybridized carbons (Fsp3) is 0.150. The summed E-state index contributed by atoms with van der Waals surface area (Å²) in [6, 6.07) is 15.8. The number of alkyl halides is 3. The maximum Gasteiger partial charge on any atom is 0.416 e. The smallest absolute Gasteiger partial charge is 0.416 e. The van der Waals surface area contributed by atoms with E-state index in [0.29, 0.717) is 29.6 Å². The topological polar surface area (TPSA) is 49.3 Å². The molecule has 134 valence electrons. The van der Waals surface area contributed by atoms with Gasteiger partial charge in [0.05, 0.1) is 11.1 Å². The van der Waals surface area contributed by atoms with Crippen molar-refractivity contribution >= 4 is 16.7 Å². The second kappa shape index (κ2) is 7.17. The van der Waals surface area contributed by atoms with Gasteiger partial charge < -0.3 is 10.4 Å². The van der Waals surface area contributed by atoms with Crippen LogP contribution >= 0.6 is 0 Å². The van der Waals surface area contributed by atoms with E-state index in [-0.39, 0.29) is 5.56 Å². The van der Waals surface area contributed by atoms with Crippen LogP contribution in [-0.2, 0) is 19.3 Å². The molecule has 0 atom stereocenters. The summed E-state index contributed by atoms with van der Waals surface area (Å²) in [5.41, 5.74) is 0.866. The van der Waals surface area contributed by atoms with Crippen LogP contribution < -0.4 is 5.32 Å². The van der Waals surface area contributed by atoms with Gasteiger partial charge in [-0.05, 0) is 34.0 Å². The first kappa shape index (κ1) is 17.9. The standard InChI is InChI=1S/C20H16F3NO2/c21-20(22,23)16-9-5-13(6-10-16)11-24-12-15-8-7-14-3-1-2-4-17(14)18(15)19(25)26/h1-10,24H,11-12H2,(H,25,26). The van der Waals surface area contributed by atoms with Crippen LogP contribution in [0.3, 0.4) is 0 Å². The highest BCUT2D eigenvalue weighted by Crippen LogP contribution is 2.29. The van der Waals surface area contributed by atoms with Gasteiger partial charge in [-0.3, -0.25) is 0 Å². The van der Waals surface area contributed by atoms with Crippen molar-refractivity contribution in [1.29, 1.82) is 0 Å². The first-order chi connectivity index (χ1) is 12.4. The van der Waals surface area contributed by atoms with Gasteiger partial charge in [0.15, 0.2) is 0 Å². The van der Waals surface area contributed by atoms with Gasteiger partial charge in [0.1, 0.15) is 0 Å². The minimum absolute atomic E-state index is 0.239. The molecular formula is C20H16F3NO2. The maximum atomic E-state index is 12.6. The zero-order chi connectivity index (χ0) is 18.7. The molecule has 0 aliphatic rings. The van der Waals surface area contributed by atoms with E-state index in [1.807, 2.05) is 18.2 Å². The Morgan fingerprint density at radius 2 is 1.62 bits per heavy atom. The summed E-state index contributed by atoms with van der Waals surface area (Å²) in [4.78, 5) is 11.7. The first-order valence-electron chi connectivity index (χ1n) is 7.97. The summed E-state index contributed by atoms with van der Waals surface area (Å²) in [6.45, 7) is 0.636. The highest BCUT2D eigenvalue weighted by molar-refractivity contribution is 6.05. The Bertz CT molecular complexity index is 934. The van der Waals surface area contributed by atoms with E-state index in [2.05, 4.69) is 5.32 Å². The highest BCUT2D eigenvalue weighted by Gasteiger charge is 2.29. The van der Waals surface area contributed by atoms with Crippen molar-refractivity contribution in [2.45, 2.75) is 19.3 Å². The van der Waals surface area contributed by atoms with Gasteiger partial charge in [-0.2, -0.15) is 13.2 Å². The van der Waals surface area contributed by atoms with Crippen molar-refractivity contribution in [2.75, 3.05) is 0 Å². The third-order valence-electron chi connectivity index (χ3n) is 4.16.